The van der Waals surface area contributed by atoms with Gasteiger partial charge in [0.25, 0.3) is 5.56 Å². The molecular formula is C21H40N2O6Si2. The third-order valence-electron chi connectivity index (χ3n) is 7.06. The van der Waals surface area contributed by atoms with Crippen molar-refractivity contribution in [2.75, 3.05) is 6.61 Å². The molecule has 2 heterocycles. The number of H-pyrrole nitrogens is 1. The smallest absolute Gasteiger partial charge is 0.330 e. The fourth-order valence-electron chi connectivity index (χ4n) is 3.01. The zero-order chi connectivity index (χ0) is 24.0. The van der Waals surface area contributed by atoms with Crippen LogP contribution in [0.25, 0.3) is 0 Å². The van der Waals surface area contributed by atoms with Crippen LogP contribution < -0.4 is 11.2 Å². The first-order valence-electron chi connectivity index (χ1n) is 10.8. The molecule has 1 aromatic heterocycles. The largest absolute Gasteiger partial charge is 0.408 e. The van der Waals surface area contributed by atoms with Crippen LogP contribution in [0.2, 0.25) is 36.3 Å². The lowest BCUT2D eigenvalue weighted by molar-refractivity contribution is -0.0529. The van der Waals surface area contributed by atoms with Gasteiger partial charge in [-0.05, 0) is 36.3 Å². The molecule has 1 aromatic rings. The summed E-state index contributed by atoms with van der Waals surface area (Å²) < 4.78 is 21.0. The highest BCUT2D eigenvalue weighted by atomic mass is 28.4. The summed E-state index contributed by atoms with van der Waals surface area (Å²) in [6.45, 7) is 21.2. The Morgan fingerprint density at radius 1 is 1.00 bits per heavy atom. The van der Waals surface area contributed by atoms with Crippen molar-refractivity contribution in [1.29, 1.82) is 0 Å². The van der Waals surface area contributed by atoms with Gasteiger partial charge in [-0.3, -0.25) is 14.3 Å². The third-order valence-corrected chi connectivity index (χ3v) is 16.0. The fourth-order valence-corrected chi connectivity index (χ4v) is 5.61. The minimum Gasteiger partial charge on any atom is -0.408 e. The van der Waals surface area contributed by atoms with Crippen LogP contribution in [0.4, 0.5) is 0 Å². The molecule has 0 saturated carbocycles. The van der Waals surface area contributed by atoms with Crippen molar-refractivity contribution in [3.63, 3.8) is 0 Å². The zero-order valence-corrected chi connectivity index (χ0v) is 22.6. The van der Waals surface area contributed by atoms with Gasteiger partial charge in [0.15, 0.2) is 22.9 Å². The summed E-state index contributed by atoms with van der Waals surface area (Å²) in [6.07, 6.45) is -1.19. The van der Waals surface area contributed by atoms with Crippen molar-refractivity contribution in [3.05, 3.63) is 33.1 Å². The van der Waals surface area contributed by atoms with Crippen LogP contribution in [-0.2, 0) is 13.6 Å². The first-order chi connectivity index (χ1) is 13.9. The van der Waals surface area contributed by atoms with E-state index in [1.165, 1.54) is 16.8 Å². The van der Waals surface area contributed by atoms with Gasteiger partial charge in [-0.2, -0.15) is 0 Å². The maximum atomic E-state index is 12.6. The van der Waals surface area contributed by atoms with Crippen molar-refractivity contribution in [1.82, 2.24) is 9.55 Å². The molecule has 2 rings (SSSR count). The molecule has 31 heavy (non-hydrogen) atoms. The van der Waals surface area contributed by atoms with Gasteiger partial charge in [-0.25, -0.2) is 4.79 Å². The Balaban J connectivity index is 2.57. The summed E-state index contributed by atoms with van der Waals surface area (Å²) in [5.41, 5.74) is -1.06. The van der Waals surface area contributed by atoms with Gasteiger partial charge in [-0.15, -0.1) is 0 Å². The highest BCUT2D eigenvalue weighted by molar-refractivity contribution is 6.74. The summed E-state index contributed by atoms with van der Waals surface area (Å²) in [7, 11) is -4.54. The van der Waals surface area contributed by atoms with E-state index >= 15 is 0 Å². The Bertz CT molecular complexity index is 881. The Kier molecular flexibility index (Phi) is 7.37. The molecule has 2 N–H and O–H groups in total. The van der Waals surface area contributed by atoms with Crippen molar-refractivity contribution in [2.45, 2.75) is 102 Å². The summed E-state index contributed by atoms with van der Waals surface area (Å²) in [4.78, 5) is 26.4. The summed E-state index contributed by atoms with van der Waals surface area (Å²) in [6, 6.07) is 1.28. The Morgan fingerprint density at radius 2 is 1.48 bits per heavy atom. The van der Waals surface area contributed by atoms with E-state index in [0.717, 1.165) is 0 Å². The molecule has 1 saturated heterocycles. The standard InChI is InChI=1S/C21H40N2O6Si2/c1-20(2,3)30(7,8)28-16-14(13-24)27-18(23-12-11-15(25)22-19(23)26)17(16)29-31(9,10)21(4,5)6/h11-12,14,16-18,24H,13H2,1-10H3,(H,22,25,26)/t14-,16-,17+,18-/m1/s1. The minimum atomic E-state index is -2.29. The van der Waals surface area contributed by atoms with E-state index < -0.39 is 52.4 Å². The lowest BCUT2D eigenvalue weighted by atomic mass is 10.1. The topological polar surface area (TPSA) is 103 Å². The summed E-state index contributed by atoms with van der Waals surface area (Å²) >= 11 is 0. The predicted octanol–water partition coefficient (Wildman–Crippen LogP) is 3.21. The van der Waals surface area contributed by atoms with Crippen LogP contribution in [0.5, 0.6) is 0 Å². The summed E-state index contributed by atoms with van der Waals surface area (Å²) in [5, 5.41) is 9.98. The SMILES string of the molecule is CC(C)(C)[Si](C)(C)O[C@H]1[C@H](O[Si](C)(C)C(C)(C)C)[C@@H](CO)O[C@H]1n1ccc(=O)[nH]c1=O. The van der Waals surface area contributed by atoms with Crippen molar-refractivity contribution in [3.8, 4) is 0 Å². The number of aromatic amines is 1. The predicted molar refractivity (Wildman–Crippen MR) is 126 cm³/mol. The fraction of sp³-hybridized carbons (Fsp3) is 0.810. The van der Waals surface area contributed by atoms with Gasteiger partial charge in [-0.1, -0.05) is 41.5 Å². The van der Waals surface area contributed by atoms with E-state index in [1.54, 1.807) is 0 Å². The number of rotatable bonds is 6. The van der Waals surface area contributed by atoms with Crippen LogP contribution >= 0.6 is 0 Å². The van der Waals surface area contributed by atoms with E-state index in [2.05, 4.69) is 72.7 Å². The number of hydrogen-bond donors (Lipinski definition) is 2. The minimum absolute atomic E-state index is 0.0541. The molecule has 0 bridgehead atoms. The Labute approximate surface area is 187 Å². The van der Waals surface area contributed by atoms with Crippen LogP contribution in [-0.4, -0.2) is 56.2 Å². The molecule has 0 amide bonds. The number of hydrogen-bond acceptors (Lipinski definition) is 6. The molecule has 10 heteroatoms. The van der Waals surface area contributed by atoms with Crippen molar-refractivity contribution in [2.24, 2.45) is 0 Å². The molecule has 1 fully saturated rings. The van der Waals surface area contributed by atoms with Crippen molar-refractivity contribution < 1.29 is 18.7 Å². The van der Waals surface area contributed by atoms with Gasteiger partial charge in [0, 0.05) is 12.3 Å². The first-order valence-corrected chi connectivity index (χ1v) is 16.7. The zero-order valence-electron chi connectivity index (χ0n) is 20.6. The highest BCUT2D eigenvalue weighted by Crippen LogP contribution is 2.45. The number of aromatic nitrogens is 2. The van der Waals surface area contributed by atoms with Crippen LogP contribution in [0.3, 0.4) is 0 Å². The molecule has 4 atom stereocenters. The maximum absolute atomic E-state index is 12.6. The Hall–Kier alpha value is -1.05. The van der Waals surface area contributed by atoms with Gasteiger partial charge in [0.05, 0.1) is 6.61 Å². The molecule has 1 aliphatic heterocycles. The monoisotopic (exact) mass is 472 g/mol. The van der Waals surface area contributed by atoms with Crippen LogP contribution in [0.1, 0.15) is 47.8 Å². The number of nitrogens with one attached hydrogen (secondary N) is 1. The Morgan fingerprint density at radius 3 is 1.90 bits per heavy atom. The van der Waals surface area contributed by atoms with E-state index in [0.29, 0.717) is 0 Å². The molecule has 0 spiro atoms. The molecule has 0 unspecified atom stereocenters. The second-order valence-electron chi connectivity index (χ2n) is 11.5. The van der Waals surface area contributed by atoms with E-state index in [1.807, 2.05) is 0 Å². The molecule has 1 aliphatic rings. The molecule has 0 radical (unpaired) electrons. The number of ether oxygens (including phenoxy) is 1. The lowest BCUT2D eigenvalue weighted by Gasteiger charge is -2.44. The number of aliphatic hydroxyl groups excluding tert-OH is 1. The molecule has 0 aliphatic carbocycles. The lowest BCUT2D eigenvalue weighted by Crippen LogP contribution is -2.54. The molecular weight excluding hydrogens is 432 g/mol. The summed E-state index contributed by atoms with van der Waals surface area (Å²) in [5.74, 6) is 0. The van der Waals surface area contributed by atoms with Gasteiger partial charge >= 0.3 is 5.69 Å². The first kappa shape index (κ1) is 26.2. The normalized spacial score (nSPS) is 25.8. The number of aliphatic hydroxyl groups is 1. The third kappa shape index (κ3) is 5.48. The maximum Gasteiger partial charge on any atom is 0.330 e. The number of nitrogens with zero attached hydrogens (tertiary/aromatic N) is 1. The van der Waals surface area contributed by atoms with Crippen molar-refractivity contribution >= 4 is 16.6 Å². The second-order valence-corrected chi connectivity index (χ2v) is 21.0. The van der Waals surface area contributed by atoms with Gasteiger partial charge in [0.2, 0.25) is 0 Å². The second kappa shape index (κ2) is 8.71. The van der Waals surface area contributed by atoms with Gasteiger partial charge < -0.3 is 18.7 Å². The highest BCUT2D eigenvalue weighted by Gasteiger charge is 2.54. The molecule has 0 aromatic carbocycles. The van der Waals surface area contributed by atoms with E-state index in [-0.39, 0.29) is 16.7 Å². The van der Waals surface area contributed by atoms with Gasteiger partial charge in [0.1, 0.15) is 18.3 Å². The van der Waals surface area contributed by atoms with Crippen LogP contribution in [0.15, 0.2) is 21.9 Å². The average Bonchev–Trinajstić information content (AvgIpc) is 2.89. The molecule has 178 valence electrons. The molecule has 8 nitrogen and oxygen atoms in total. The van der Waals surface area contributed by atoms with Crippen LogP contribution in [0, 0.1) is 0 Å². The van der Waals surface area contributed by atoms with E-state index in [4.69, 9.17) is 13.6 Å². The average molecular weight is 473 g/mol. The quantitative estimate of drug-likeness (QED) is 0.616. The van der Waals surface area contributed by atoms with E-state index in [9.17, 15) is 14.7 Å².